The van der Waals surface area contributed by atoms with E-state index < -0.39 is 0 Å². The SMILES string of the molecule is O=c1[nH]c(-c2ccc(Br)o2)nc(C2CCCC2)c1Br. The van der Waals surface area contributed by atoms with Gasteiger partial charge in [-0.15, -0.1) is 0 Å². The number of H-pyrrole nitrogens is 1. The molecular weight excluding hydrogens is 376 g/mol. The lowest BCUT2D eigenvalue weighted by Gasteiger charge is -2.11. The quantitative estimate of drug-likeness (QED) is 0.839. The maximum Gasteiger partial charge on any atom is 0.265 e. The van der Waals surface area contributed by atoms with E-state index in [1.807, 2.05) is 0 Å². The number of rotatable bonds is 2. The summed E-state index contributed by atoms with van der Waals surface area (Å²) in [6, 6.07) is 3.57. The molecule has 0 aliphatic heterocycles. The molecule has 0 aromatic carbocycles. The Balaban J connectivity index is 2.09. The molecule has 1 aliphatic carbocycles. The molecule has 1 N–H and O–H groups in total. The summed E-state index contributed by atoms with van der Waals surface area (Å²) < 4.78 is 6.62. The fourth-order valence-corrected chi connectivity index (χ4v) is 3.32. The maximum atomic E-state index is 12.0. The zero-order valence-corrected chi connectivity index (χ0v) is 13.3. The normalized spacial score (nSPS) is 16.1. The first-order chi connectivity index (χ1) is 9.15. The van der Waals surface area contributed by atoms with Crippen LogP contribution >= 0.6 is 31.9 Å². The van der Waals surface area contributed by atoms with Crippen molar-refractivity contribution in [3.05, 3.63) is 37.3 Å². The molecule has 0 radical (unpaired) electrons. The smallest absolute Gasteiger partial charge is 0.265 e. The van der Waals surface area contributed by atoms with E-state index in [-0.39, 0.29) is 5.56 Å². The fraction of sp³-hybridized carbons (Fsp3) is 0.385. The van der Waals surface area contributed by atoms with Crippen molar-refractivity contribution in [2.45, 2.75) is 31.6 Å². The summed E-state index contributed by atoms with van der Waals surface area (Å²) in [5.74, 6) is 1.42. The Morgan fingerprint density at radius 1 is 1.26 bits per heavy atom. The minimum absolute atomic E-state index is 0.153. The second kappa shape index (κ2) is 5.25. The van der Waals surface area contributed by atoms with E-state index in [2.05, 4.69) is 41.8 Å². The Labute approximate surface area is 126 Å². The van der Waals surface area contributed by atoms with E-state index in [0.29, 0.717) is 26.6 Å². The van der Waals surface area contributed by atoms with Crippen LogP contribution in [0.2, 0.25) is 0 Å². The van der Waals surface area contributed by atoms with Crippen molar-refractivity contribution in [2.75, 3.05) is 0 Å². The van der Waals surface area contributed by atoms with Gasteiger partial charge in [0, 0.05) is 5.92 Å². The Kier molecular flexibility index (Phi) is 3.62. The van der Waals surface area contributed by atoms with Gasteiger partial charge in [-0.3, -0.25) is 4.79 Å². The minimum Gasteiger partial charge on any atom is -0.446 e. The number of nitrogens with zero attached hydrogens (tertiary/aromatic N) is 1. The molecule has 3 rings (SSSR count). The Hall–Kier alpha value is -0.880. The standard InChI is InChI=1S/C13H12Br2N2O2/c14-9-6-5-8(19-9)12-16-11(7-3-1-2-4-7)10(15)13(18)17-12/h5-7H,1-4H2,(H,16,17,18). The van der Waals surface area contributed by atoms with Crippen molar-refractivity contribution in [3.63, 3.8) is 0 Å². The van der Waals surface area contributed by atoms with Crippen molar-refractivity contribution in [1.29, 1.82) is 0 Å². The number of furan rings is 1. The molecule has 19 heavy (non-hydrogen) atoms. The second-order valence-electron chi connectivity index (χ2n) is 4.70. The minimum atomic E-state index is -0.153. The number of halogens is 2. The molecule has 0 saturated heterocycles. The fourth-order valence-electron chi connectivity index (χ4n) is 2.50. The van der Waals surface area contributed by atoms with E-state index in [4.69, 9.17) is 4.42 Å². The van der Waals surface area contributed by atoms with Gasteiger partial charge in [-0.25, -0.2) is 4.98 Å². The summed E-state index contributed by atoms with van der Waals surface area (Å²) in [6.07, 6.45) is 4.59. The third kappa shape index (κ3) is 2.56. The summed E-state index contributed by atoms with van der Waals surface area (Å²) in [5, 5.41) is 0. The molecule has 1 fully saturated rings. The molecule has 100 valence electrons. The van der Waals surface area contributed by atoms with Crippen molar-refractivity contribution in [1.82, 2.24) is 9.97 Å². The molecule has 2 aromatic heterocycles. The van der Waals surface area contributed by atoms with Gasteiger partial charge in [0.2, 0.25) is 0 Å². The van der Waals surface area contributed by atoms with Gasteiger partial charge in [-0.2, -0.15) is 0 Å². The summed E-state index contributed by atoms with van der Waals surface area (Å²) in [6.45, 7) is 0. The number of hydrogen-bond donors (Lipinski definition) is 1. The van der Waals surface area contributed by atoms with Crippen molar-refractivity contribution in [3.8, 4) is 11.6 Å². The molecule has 0 spiro atoms. The molecule has 1 aliphatic rings. The first kappa shape index (κ1) is 13.1. The molecular formula is C13H12Br2N2O2. The van der Waals surface area contributed by atoms with Gasteiger partial charge >= 0.3 is 0 Å². The van der Waals surface area contributed by atoms with Crippen LogP contribution in [-0.2, 0) is 0 Å². The van der Waals surface area contributed by atoms with Crippen LogP contribution in [0, 0.1) is 0 Å². The lowest BCUT2D eigenvalue weighted by atomic mass is 10.0. The van der Waals surface area contributed by atoms with Crippen LogP contribution in [0.25, 0.3) is 11.6 Å². The second-order valence-corrected chi connectivity index (χ2v) is 6.27. The lowest BCUT2D eigenvalue weighted by Crippen LogP contribution is -2.15. The van der Waals surface area contributed by atoms with E-state index in [0.717, 1.165) is 18.5 Å². The Morgan fingerprint density at radius 2 is 2.00 bits per heavy atom. The van der Waals surface area contributed by atoms with E-state index in [1.165, 1.54) is 12.8 Å². The highest BCUT2D eigenvalue weighted by molar-refractivity contribution is 9.10. The third-order valence-corrected chi connectivity index (χ3v) is 4.63. The Bertz CT molecular complexity index is 657. The van der Waals surface area contributed by atoms with Crippen molar-refractivity contribution >= 4 is 31.9 Å². The van der Waals surface area contributed by atoms with E-state index in [1.54, 1.807) is 12.1 Å². The molecule has 2 heterocycles. The molecule has 2 aromatic rings. The number of nitrogens with one attached hydrogen (secondary N) is 1. The van der Waals surface area contributed by atoms with Crippen LogP contribution in [0.3, 0.4) is 0 Å². The topological polar surface area (TPSA) is 58.9 Å². The van der Waals surface area contributed by atoms with Gasteiger partial charge < -0.3 is 9.40 Å². The molecule has 6 heteroatoms. The zero-order chi connectivity index (χ0) is 13.4. The molecule has 0 bridgehead atoms. The molecule has 4 nitrogen and oxygen atoms in total. The predicted molar refractivity (Wildman–Crippen MR) is 79.2 cm³/mol. The monoisotopic (exact) mass is 386 g/mol. The average Bonchev–Trinajstić information content (AvgIpc) is 3.03. The number of aromatic nitrogens is 2. The Morgan fingerprint density at radius 3 is 2.63 bits per heavy atom. The summed E-state index contributed by atoms with van der Waals surface area (Å²) in [5.41, 5.74) is 0.697. The van der Waals surface area contributed by atoms with E-state index >= 15 is 0 Å². The largest absolute Gasteiger partial charge is 0.446 e. The highest BCUT2D eigenvalue weighted by atomic mass is 79.9. The number of aromatic amines is 1. The summed E-state index contributed by atoms with van der Waals surface area (Å²) in [7, 11) is 0. The third-order valence-electron chi connectivity index (χ3n) is 3.44. The van der Waals surface area contributed by atoms with Crippen LogP contribution < -0.4 is 5.56 Å². The first-order valence-electron chi connectivity index (χ1n) is 6.20. The maximum absolute atomic E-state index is 12.0. The van der Waals surface area contributed by atoms with Crippen LogP contribution in [0.15, 0.2) is 30.5 Å². The number of hydrogen-bond acceptors (Lipinski definition) is 3. The summed E-state index contributed by atoms with van der Waals surface area (Å²) in [4.78, 5) is 19.3. The first-order valence-corrected chi connectivity index (χ1v) is 7.79. The highest BCUT2D eigenvalue weighted by Crippen LogP contribution is 2.36. The van der Waals surface area contributed by atoms with E-state index in [9.17, 15) is 4.79 Å². The van der Waals surface area contributed by atoms with Gasteiger partial charge in [0.1, 0.15) is 4.47 Å². The lowest BCUT2D eigenvalue weighted by molar-refractivity contribution is 0.549. The van der Waals surface area contributed by atoms with Gasteiger partial charge in [0.05, 0.1) is 5.69 Å². The van der Waals surface area contributed by atoms with Crippen molar-refractivity contribution in [2.24, 2.45) is 0 Å². The highest BCUT2D eigenvalue weighted by Gasteiger charge is 2.23. The predicted octanol–water partition coefficient (Wildman–Crippen LogP) is 4.21. The average molecular weight is 388 g/mol. The van der Waals surface area contributed by atoms with Gasteiger partial charge in [-0.1, -0.05) is 12.8 Å². The van der Waals surface area contributed by atoms with Gasteiger partial charge in [0.15, 0.2) is 16.3 Å². The van der Waals surface area contributed by atoms with Crippen LogP contribution in [0.5, 0.6) is 0 Å². The van der Waals surface area contributed by atoms with Crippen molar-refractivity contribution < 1.29 is 4.42 Å². The van der Waals surface area contributed by atoms with Crippen LogP contribution in [0.1, 0.15) is 37.3 Å². The molecule has 0 unspecified atom stereocenters. The summed E-state index contributed by atoms with van der Waals surface area (Å²) >= 11 is 6.61. The van der Waals surface area contributed by atoms with Crippen LogP contribution in [-0.4, -0.2) is 9.97 Å². The molecule has 1 saturated carbocycles. The van der Waals surface area contributed by atoms with Crippen LogP contribution in [0.4, 0.5) is 0 Å². The molecule has 0 atom stereocenters. The molecule has 0 amide bonds. The van der Waals surface area contributed by atoms with Gasteiger partial charge in [0.25, 0.3) is 5.56 Å². The zero-order valence-electron chi connectivity index (χ0n) is 10.1. The van der Waals surface area contributed by atoms with Gasteiger partial charge in [-0.05, 0) is 56.8 Å².